The third-order valence-corrected chi connectivity index (χ3v) is 3.13. The molecule has 2 rings (SSSR count). The van der Waals surface area contributed by atoms with E-state index in [4.69, 9.17) is 0 Å². The number of carbonyl (C=O) groups is 1. The summed E-state index contributed by atoms with van der Waals surface area (Å²) in [6, 6.07) is 4.19. The van der Waals surface area contributed by atoms with E-state index in [9.17, 15) is 18.7 Å². The van der Waals surface area contributed by atoms with Crippen molar-refractivity contribution in [1.29, 1.82) is 0 Å². The fourth-order valence-corrected chi connectivity index (χ4v) is 2.11. The molecule has 1 aromatic carbocycles. The Morgan fingerprint density at radius 2 is 2.30 bits per heavy atom. The third-order valence-electron chi connectivity index (χ3n) is 3.13. The molecule has 1 aliphatic heterocycles. The SMILES string of the molecule is Cc1cccc(OC(F)F)c1NC(=O)N1CC[C@H](O)C1. The minimum Gasteiger partial charge on any atom is -0.433 e. The van der Waals surface area contributed by atoms with Crippen molar-refractivity contribution in [3.8, 4) is 5.75 Å². The van der Waals surface area contributed by atoms with Crippen molar-refractivity contribution in [3.05, 3.63) is 23.8 Å². The lowest BCUT2D eigenvalue weighted by Crippen LogP contribution is -2.34. The molecule has 5 nitrogen and oxygen atoms in total. The van der Waals surface area contributed by atoms with Crippen molar-refractivity contribution in [1.82, 2.24) is 4.90 Å². The fourth-order valence-electron chi connectivity index (χ4n) is 2.11. The van der Waals surface area contributed by atoms with Gasteiger partial charge in [-0.15, -0.1) is 0 Å². The summed E-state index contributed by atoms with van der Waals surface area (Å²) >= 11 is 0. The summed E-state index contributed by atoms with van der Waals surface area (Å²) in [4.78, 5) is 13.4. The number of amides is 2. The molecule has 20 heavy (non-hydrogen) atoms. The summed E-state index contributed by atoms with van der Waals surface area (Å²) in [5.74, 6) is -0.0758. The Balaban J connectivity index is 2.13. The zero-order valence-electron chi connectivity index (χ0n) is 11.0. The zero-order chi connectivity index (χ0) is 14.7. The Kier molecular flexibility index (Phi) is 4.39. The van der Waals surface area contributed by atoms with Gasteiger partial charge in [0.2, 0.25) is 0 Å². The van der Waals surface area contributed by atoms with Gasteiger partial charge >= 0.3 is 12.6 Å². The van der Waals surface area contributed by atoms with Gasteiger partial charge in [-0.05, 0) is 25.0 Å². The van der Waals surface area contributed by atoms with E-state index in [2.05, 4.69) is 10.1 Å². The van der Waals surface area contributed by atoms with Crippen LogP contribution in [0.1, 0.15) is 12.0 Å². The van der Waals surface area contributed by atoms with Crippen LogP contribution in [-0.4, -0.2) is 41.8 Å². The summed E-state index contributed by atoms with van der Waals surface area (Å²) in [6.07, 6.45) is -0.0175. The number of aryl methyl sites for hydroxylation is 1. The highest BCUT2D eigenvalue weighted by Gasteiger charge is 2.25. The van der Waals surface area contributed by atoms with Gasteiger partial charge in [0.1, 0.15) is 5.75 Å². The van der Waals surface area contributed by atoms with Crippen molar-refractivity contribution in [3.63, 3.8) is 0 Å². The second-order valence-electron chi connectivity index (χ2n) is 4.65. The quantitative estimate of drug-likeness (QED) is 0.895. The van der Waals surface area contributed by atoms with Crippen LogP contribution in [0.3, 0.4) is 0 Å². The van der Waals surface area contributed by atoms with Gasteiger partial charge < -0.3 is 20.1 Å². The van der Waals surface area contributed by atoms with Crippen molar-refractivity contribution >= 4 is 11.7 Å². The first-order valence-electron chi connectivity index (χ1n) is 6.26. The summed E-state index contributed by atoms with van der Waals surface area (Å²) < 4.78 is 29.1. The number of nitrogens with one attached hydrogen (secondary N) is 1. The second-order valence-corrected chi connectivity index (χ2v) is 4.65. The summed E-state index contributed by atoms with van der Waals surface area (Å²) in [7, 11) is 0. The number of urea groups is 1. The number of benzene rings is 1. The van der Waals surface area contributed by atoms with Crippen LogP contribution in [0.5, 0.6) is 5.75 Å². The van der Waals surface area contributed by atoms with E-state index < -0.39 is 18.7 Å². The number of aliphatic hydroxyl groups excluding tert-OH is 1. The van der Waals surface area contributed by atoms with E-state index in [-0.39, 0.29) is 18.0 Å². The standard InChI is InChI=1S/C13H16F2N2O3/c1-8-3-2-4-10(20-12(14)15)11(8)16-13(19)17-6-5-9(18)7-17/h2-4,9,12,18H,5-7H2,1H3,(H,16,19)/t9-/m0/s1. The first-order valence-corrected chi connectivity index (χ1v) is 6.26. The van der Waals surface area contributed by atoms with Crippen LogP contribution < -0.4 is 10.1 Å². The number of para-hydroxylation sites is 1. The van der Waals surface area contributed by atoms with Gasteiger partial charge in [-0.3, -0.25) is 0 Å². The maximum atomic E-state index is 12.3. The number of β-amino-alcohol motifs (C(OH)–C–C–N with tert-alkyl or cyclic N) is 1. The number of hydrogen-bond donors (Lipinski definition) is 2. The van der Waals surface area contributed by atoms with Gasteiger partial charge in [0.25, 0.3) is 0 Å². The van der Waals surface area contributed by atoms with Crippen molar-refractivity contribution in [2.75, 3.05) is 18.4 Å². The van der Waals surface area contributed by atoms with E-state index in [1.165, 1.54) is 11.0 Å². The van der Waals surface area contributed by atoms with Crippen LogP contribution in [0.15, 0.2) is 18.2 Å². The van der Waals surface area contributed by atoms with Gasteiger partial charge in [0.05, 0.1) is 11.8 Å². The van der Waals surface area contributed by atoms with Gasteiger partial charge in [-0.2, -0.15) is 8.78 Å². The molecule has 1 heterocycles. The molecule has 0 aromatic heterocycles. The molecule has 1 fully saturated rings. The maximum absolute atomic E-state index is 12.3. The van der Waals surface area contributed by atoms with Crippen LogP contribution in [0.25, 0.3) is 0 Å². The van der Waals surface area contributed by atoms with E-state index in [1.54, 1.807) is 19.1 Å². The highest BCUT2D eigenvalue weighted by Crippen LogP contribution is 2.30. The predicted octanol–water partition coefficient (Wildman–Crippen LogP) is 2.19. The number of anilines is 1. The Morgan fingerprint density at radius 1 is 1.55 bits per heavy atom. The molecule has 2 amide bonds. The number of alkyl halides is 2. The number of ether oxygens (including phenoxy) is 1. The molecule has 1 aliphatic rings. The fraction of sp³-hybridized carbons (Fsp3) is 0.462. The first-order chi connectivity index (χ1) is 9.47. The number of carbonyl (C=O) groups excluding carboxylic acids is 1. The largest absolute Gasteiger partial charge is 0.433 e. The average Bonchev–Trinajstić information content (AvgIpc) is 2.79. The van der Waals surface area contributed by atoms with Gasteiger partial charge in [0, 0.05) is 13.1 Å². The van der Waals surface area contributed by atoms with E-state index in [1.807, 2.05) is 0 Å². The Bertz CT molecular complexity index is 497. The van der Waals surface area contributed by atoms with Crippen molar-refractivity contribution in [2.24, 2.45) is 0 Å². The van der Waals surface area contributed by atoms with E-state index >= 15 is 0 Å². The van der Waals surface area contributed by atoms with E-state index in [0.29, 0.717) is 18.5 Å². The third kappa shape index (κ3) is 3.36. The zero-order valence-corrected chi connectivity index (χ0v) is 11.0. The monoisotopic (exact) mass is 286 g/mol. The molecule has 0 saturated carbocycles. The normalized spacial score (nSPS) is 18.4. The molecule has 1 saturated heterocycles. The summed E-state index contributed by atoms with van der Waals surface area (Å²) in [5, 5.41) is 12.0. The number of halogens is 2. The minimum atomic E-state index is -2.96. The lowest BCUT2D eigenvalue weighted by Gasteiger charge is -2.19. The molecule has 0 aliphatic carbocycles. The average molecular weight is 286 g/mol. The molecule has 7 heteroatoms. The number of rotatable bonds is 3. The summed E-state index contributed by atoms with van der Waals surface area (Å²) in [5.41, 5.74) is 0.843. The minimum absolute atomic E-state index is 0.0758. The number of likely N-dealkylation sites (tertiary alicyclic amines) is 1. The molecule has 1 atom stereocenters. The molecule has 0 bridgehead atoms. The second kappa shape index (κ2) is 6.04. The lowest BCUT2D eigenvalue weighted by molar-refractivity contribution is -0.0493. The maximum Gasteiger partial charge on any atom is 0.387 e. The Morgan fingerprint density at radius 3 is 2.90 bits per heavy atom. The van der Waals surface area contributed by atoms with Gasteiger partial charge in [0.15, 0.2) is 0 Å². The van der Waals surface area contributed by atoms with Crippen LogP contribution in [0, 0.1) is 6.92 Å². The molecule has 110 valence electrons. The highest BCUT2D eigenvalue weighted by molar-refractivity contribution is 5.92. The topological polar surface area (TPSA) is 61.8 Å². The van der Waals surface area contributed by atoms with Crippen LogP contribution in [-0.2, 0) is 0 Å². The molecule has 0 radical (unpaired) electrons. The van der Waals surface area contributed by atoms with Crippen LogP contribution >= 0.6 is 0 Å². The van der Waals surface area contributed by atoms with Crippen LogP contribution in [0.2, 0.25) is 0 Å². The summed E-state index contributed by atoms with van der Waals surface area (Å²) in [6.45, 7) is -0.597. The molecular weight excluding hydrogens is 270 g/mol. The molecule has 1 aromatic rings. The molecular formula is C13H16F2N2O3. The number of nitrogens with zero attached hydrogens (tertiary/aromatic N) is 1. The first kappa shape index (κ1) is 14.5. The number of aliphatic hydroxyl groups is 1. The van der Waals surface area contributed by atoms with Crippen molar-refractivity contribution < 1.29 is 23.4 Å². The predicted molar refractivity (Wildman–Crippen MR) is 69.0 cm³/mol. The molecule has 2 N–H and O–H groups in total. The molecule has 0 spiro atoms. The van der Waals surface area contributed by atoms with Gasteiger partial charge in [-0.25, -0.2) is 4.79 Å². The lowest BCUT2D eigenvalue weighted by atomic mass is 10.2. The van der Waals surface area contributed by atoms with Crippen molar-refractivity contribution in [2.45, 2.75) is 26.1 Å². The van der Waals surface area contributed by atoms with Gasteiger partial charge in [-0.1, -0.05) is 12.1 Å². The van der Waals surface area contributed by atoms with E-state index in [0.717, 1.165) is 0 Å². The van der Waals surface area contributed by atoms with Crippen LogP contribution in [0.4, 0.5) is 19.3 Å². The smallest absolute Gasteiger partial charge is 0.387 e. The Hall–Kier alpha value is -1.89. The highest BCUT2D eigenvalue weighted by atomic mass is 19.3. The number of hydrogen-bond acceptors (Lipinski definition) is 3. The molecule has 0 unspecified atom stereocenters. The Labute approximate surface area is 115 Å².